The lowest BCUT2D eigenvalue weighted by molar-refractivity contribution is 0.475. The molecule has 0 aliphatic carbocycles. The molecule has 2 rings (SSSR count). The zero-order chi connectivity index (χ0) is 13.1. The van der Waals surface area contributed by atoms with Gasteiger partial charge in [0.25, 0.3) is 0 Å². The van der Waals surface area contributed by atoms with Gasteiger partial charge in [-0.05, 0) is 29.1 Å². The third-order valence-electron chi connectivity index (χ3n) is 2.63. The van der Waals surface area contributed by atoms with Gasteiger partial charge in [0.1, 0.15) is 5.75 Å². The van der Waals surface area contributed by atoms with Gasteiger partial charge in [-0.25, -0.2) is 5.01 Å². The number of hydrogen-bond donors (Lipinski definition) is 2. The fourth-order valence-corrected chi connectivity index (χ4v) is 1.67. The second-order valence-corrected chi connectivity index (χ2v) is 4.24. The largest absolute Gasteiger partial charge is 0.507 e. The number of phenolic OH excluding ortho intramolecular Hbond substituents is 1. The highest BCUT2D eigenvalue weighted by Gasteiger charge is 2.04. The van der Waals surface area contributed by atoms with E-state index in [0.717, 1.165) is 10.8 Å². The number of nitrogens with zero attached hydrogens (tertiary/aromatic N) is 2. The SMILES string of the molecule is CN(/N=C/c1c(O)ccc2ccccc12)C(N)=S. The Morgan fingerprint density at radius 3 is 2.78 bits per heavy atom. The van der Waals surface area contributed by atoms with E-state index >= 15 is 0 Å². The van der Waals surface area contributed by atoms with Crippen molar-refractivity contribution in [3.63, 3.8) is 0 Å². The predicted molar refractivity (Wildman–Crippen MR) is 77.8 cm³/mol. The summed E-state index contributed by atoms with van der Waals surface area (Å²) in [6.45, 7) is 0. The van der Waals surface area contributed by atoms with Crippen LogP contribution in [0.1, 0.15) is 5.56 Å². The van der Waals surface area contributed by atoms with Crippen molar-refractivity contribution in [1.29, 1.82) is 0 Å². The lowest BCUT2D eigenvalue weighted by Crippen LogP contribution is -2.27. The molecule has 0 aromatic heterocycles. The molecule has 0 aliphatic rings. The van der Waals surface area contributed by atoms with Crippen LogP contribution in [-0.2, 0) is 0 Å². The molecule has 0 saturated carbocycles. The van der Waals surface area contributed by atoms with Gasteiger partial charge in [-0.3, -0.25) is 0 Å². The Morgan fingerprint density at radius 1 is 1.33 bits per heavy atom. The fourth-order valence-electron chi connectivity index (χ4n) is 1.62. The molecule has 0 atom stereocenters. The average Bonchev–Trinajstić information content (AvgIpc) is 2.37. The first-order valence-corrected chi connectivity index (χ1v) is 5.78. The Bertz CT molecular complexity index is 625. The molecule has 2 aromatic carbocycles. The normalized spacial score (nSPS) is 10.9. The van der Waals surface area contributed by atoms with E-state index in [4.69, 9.17) is 18.0 Å². The molecule has 0 heterocycles. The fraction of sp³-hybridized carbons (Fsp3) is 0.0769. The molecule has 4 nitrogen and oxygen atoms in total. The first kappa shape index (κ1) is 12.3. The van der Waals surface area contributed by atoms with Crippen LogP contribution in [0.2, 0.25) is 0 Å². The summed E-state index contributed by atoms with van der Waals surface area (Å²) in [6, 6.07) is 11.3. The van der Waals surface area contributed by atoms with Gasteiger partial charge in [0, 0.05) is 12.6 Å². The molecule has 18 heavy (non-hydrogen) atoms. The predicted octanol–water partition coefficient (Wildman–Crippen LogP) is 2.05. The molecule has 5 heteroatoms. The summed E-state index contributed by atoms with van der Waals surface area (Å²) in [5, 5.41) is 17.5. The van der Waals surface area contributed by atoms with Gasteiger partial charge in [0.05, 0.1) is 6.21 Å². The van der Waals surface area contributed by atoms with Gasteiger partial charge in [0.15, 0.2) is 5.11 Å². The van der Waals surface area contributed by atoms with Gasteiger partial charge in [-0.1, -0.05) is 30.3 Å². The van der Waals surface area contributed by atoms with Crippen molar-refractivity contribution in [2.45, 2.75) is 0 Å². The Hall–Kier alpha value is -2.14. The standard InChI is InChI=1S/C13H13N3OS/c1-16(13(14)18)15-8-11-10-5-3-2-4-9(10)6-7-12(11)17/h2-8,17H,1H3,(H2,14,18)/b15-8+. The number of hydrogen-bond acceptors (Lipinski definition) is 3. The lowest BCUT2D eigenvalue weighted by atomic mass is 10.0. The molecule has 0 bridgehead atoms. The summed E-state index contributed by atoms with van der Waals surface area (Å²) in [6.07, 6.45) is 1.55. The van der Waals surface area contributed by atoms with E-state index in [9.17, 15) is 5.11 Å². The molecule has 0 fully saturated rings. The van der Waals surface area contributed by atoms with E-state index in [1.807, 2.05) is 30.3 Å². The highest BCUT2D eigenvalue weighted by atomic mass is 32.1. The van der Waals surface area contributed by atoms with E-state index in [-0.39, 0.29) is 10.9 Å². The van der Waals surface area contributed by atoms with Crippen LogP contribution in [-0.4, -0.2) is 28.5 Å². The van der Waals surface area contributed by atoms with Crippen LogP contribution in [0.5, 0.6) is 5.75 Å². The molecule has 3 N–H and O–H groups in total. The maximum absolute atomic E-state index is 9.89. The highest BCUT2D eigenvalue weighted by Crippen LogP contribution is 2.25. The zero-order valence-electron chi connectivity index (χ0n) is 9.87. The van der Waals surface area contributed by atoms with Crippen LogP contribution in [0.15, 0.2) is 41.5 Å². The molecule has 2 aromatic rings. The van der Waals surface area contributed by atoms with Crippen molar-refractivity contribution in [2.75, 3.05) is 7.05 Å². The number of hydrazone groups is 1. The molecule has 0 saturated heterocycles. The molecule has 0 amide bonds. The smallest absolute Gasteiger partial charge is 0.186 e. The number of benzene rings is 2. The maximum Gasteiger partial charge on any atom is 0.186 e. The Labute approximate surface area is 110 Å². The van der Waals surface area contributed by atoms with Crippen molar-refractivity contribution in [3.8, 4) is 5.75 Å². The van der Waals surface area contributed by atoms with Crippen molar-refractivity contribution in [1.82, 2.24) is 5.01 Å². The minimum absolute atomic E-state index is 0.172. The summed E-state index contributed by atoms with van der Waals surface area (Å²) >= 11 is 4.79. The third-order valence-corrected chi connectivity index (χ3v) is 2.89. The van der Waals surface area contributed by atoms with E-state index < -0.39 is 0 Å². The number of phenols is 1. The van der Waals surface area contributed by atoms with Crippen LogP contribution < -0.4 is 5.73 Å². The summed E-state index contributed by atoms with van der Waals surface area (Å²) in [5.74, 6) is 0.175. The highest BCUT2D eigenvalue weighted by molar-refractivity contribution is 7.80. The Morgan fingerprint density at radius 2 is 2.06 bits per heavy atom. The first-order chi connectivity index (χ1) is 8.59. The van der Waals surface area contributed by atoms with Crippen molar-refractivity contribution in [2.24, 2.45) is 10.8 Å². The van der Waals surface area contributed by atoms with Crippen LogP contribution in [0, 0.1) is 0 Å². The van der Waals surface area contributed by atoms with Crippen molar-refractivity contribution < 1.29 is 5.11 Å². The molecule has 92 valence electrons. The average molecular weight is 259 g/mol. The summed E-state index contributed by atoms with van der Waals surface area (Å²) in [4.78, 5) is 0. The van der Waals surface area contributed by atoms with Crippen LogP contribution in [0.3, 0.4) is 0 Å². The Kier molecular flexibility index (Phi) is 3.43. The van der Waals surface area contributed by atoms with E-state index in [1.165, 1.54) is 5.01 Å². The van der Waals surface area contributed by atoms with Crippen molar-refractivity contribution in [3.05, 3.63) is 42.0 Å². The molecular formula is C13H13N3OS. The van der Waals surface area contributed by atoms with E-state index in [1.54, 1.807) is 19.3 Å². The van der Waals surface area contributed by atoms with Gasteiger partial charge in [0.2, 0.25) is 0 Å². The Balaban J connectivity index is 2.50. The summed E-state index contributed by atoms with van der Waals surface area (Å²) in [5.41, 5.74) is 6.08. The van der Waals surface area contributed by atoms with E-state index in [2.05, 4.69) is 5.10 Å². The number of nitrogens with two attached hydrogens (primary N) is 1. The number of aromatic hydroxyl groups is 1. The monoisotopic (exact) mass is 259 g/mol. The quantitative estimate of drug-likeness (QED) is 0.492. The molecule has 0 aliphatic heterocycles. The van der Waals surface area contributed by atoms with Gasteiger partial charge in [-0.2, -0.15) is 5.10 Å². The number of rotatable bonds is 2. The second kappa shape index (κ2) is 5.01. The minimum Gasteiger partial charge on any atom is -0.507 e. The molecular weight excluding hydrogens is 246 g/mol. The second-order valence-electron chi connectivity index (χ2n) is 3.83. The van der Waals surface area contributed by atoms with Crippen LogP contribution >= 0.6 is 12.2 Å². The topological polar surface area (TPSA) is 61.8 Å². The van der Waals surface area contributed by atoms with Crippen LogP contribution in [0.25, 0.3) is 10.8 Å². The first-order valence-electron chi connectivity index (χ1n) is 5.37. The van der Waals surface area contributed by atoms with Crippen LogP contribution in [0.4, 0.5) is 0 Å². The lowest BCUT2D eigenvalue weighted by Gasteiger charge is -2.10. The van der Waals surface area contributed by atoms with Crippen molar-refractivity contribution >= 4 is 34.3 Å². The number of fused-ring (bicyclic) bond motifs is 1. The maximum atomic E-state index is 9.89. The zero-order valence-corrected chi connectivity index (χ0v) is 10.7. The van der Waals surface area contributed by atoms with Gasteiger partial charge < -0.3 is 10.8 Å². The number of thiocarbonyl (C=S) groups is 1. The molecule has 0 spiro atoms. The van der Waals surface area contributed by atoms with Gasteiger partial charge >= 0.3 is 0 Å². The van der Waals surface area contributed by atoms with E-state index in [0.29, 0.717) is 5.56 Å². The summed E-state index contributed by atoms with van der Waals surface area (Å²) < 4.78 is 0. The molecule has 0 radical (unpaired) electrons. The van der Waals surface area contributed by atoms with Gasteiger partial charge in [-0.15, -0.1) is 0 Å². The third kappa shape index (κ3) is 2.41. The molecule has 0 unspecified atom stereocenters. The summed E-state index contributed by atoms with van der Waals surface area (Å²) in [7, 11) is 1.65. The minimum atomic E-state index is 0.172.